The first-order chi connectivity index (χ1) is 12.8. The van der Waals surface area contributed by atoms with Crippen molar-refractivity contribution in [3.05, 3.63) is 66.7 Å². The highest BCUT2D eigenvalue weighted by molar-refractivity contribution is 6.15. The van der Waals surface area contributed by atoms with Gasteiger partial charge in [-0.3, -0.25) is 9.97 Å². The van der Waals surface area contributed by atoms with Crippen LogP contribution in [0.15, 0.2) is 61.2 Å². The van der Waals surface area contributed by atoms with E-state index in [2.05, 4.69) is 20.3 Å². The highest BCUT2D eigenvalue weighted by Crippen LogP contribution is 2.35. The molecule has 4 heterocycles. The number of aliphatic hydroxyl groups is 1. The third-order valence-electron chi connectivity index (χ3n) is 4.53. The molecule has 0 atom stereocenters. The quantitative estimate of drug-likeness (QED) is 0.463. The highest BCUT2D eigenvalue weighted by Gasteiger charge is 2.14. The number of rotatable bonds is 3. The molecule has 0 aliphatic carbocycles. The molecule has 0 spiro atoms. The number of hydrogen-bond acceptors (Lipinski definition) is 5. The van der Waals surface area contributed by atoms with Gasteiger partial charge >= 0.3 is 0 Å². The fourth-order valence-electron chi connectivity index (χ4n) is 3.24. The van der Waals surface area contributed by atoms with Crippen molar-refractivity contribution in [1.82, 2.24) is 19.9 Å². The van der Waals surface area contributed by atoms with Crippen LogP contribution in [0.2, 0.25) is 0 Å². The predicted octanol–water partition coefficient (Wildman–Crippen LogP) is 3.90. The first kappa shape index (κ1) is 14.8. The fraction of sp³-hybridized carbons (Fsp3) is 0.0500. The van der Waals surface area contributed by atoms with Crippen LogP contribution < -0.4 is 5.32 Å². The van der Waals surface area contributed by atoms with Gasteiger partial charge < -0.3 is 15.4 Å². The van der Waals surface area contributed by atoms with E-state index < -0.39 is 0 Å². The third kappa shape index (κ3) is 2.28. The van der Waals surface area contributed by atoms with E-state index in [9.17, 15) is 5.11 Å². The molecule has 0 amide bonds. The fourth-order valence-corrected chi connectivity index (χ4v) is 3.24. The molecular weight excluding hydrogens is 326 g/mol. The van der Waals surface area contributed by atoms with Gasteiger partial charge in [-0.2, -0.15) is 0 Å². The summed E-state index contributed by atoms with van der Waals surface area (Å²) in [6.45, 7) is 0.0312. The van der Waals surface area contributed by atoms with E-state index in [1.165, 1.54) is 0 Å². The minimum absolute atomic E-state index is 0.0312. The van der Waals surface area contributed by atoms with Crippen LogP contribution >= 0.6 is 0 Å². The Balaban J connectivity index is 1.79. The Labute approximate surface area is 148 Å². The van der Waals surface area contributed by atoms with Crippen LogP contribution in [-0.4, -0.2) is 25.0 Å². The lowest BCUT2D eigenvalue weighted by atomic mass is 10.1. The average Bonchev–Trinajstić information content (AvgIpc) is 3.07. The number of benzene rings is 1. The molecule has 4 aromatic heterocycles. The van der Waals surface area contributed by atoms with Crippen LogP contribution in [0.3, 0.4) is 0 Å². The number of H-pyrrole nitrogens is 1. The topological polar surface area (TPSA) is 86.7 Å². The second-order valence-electron chi connectivity index (χ2n) is 6.13. The summed E-state index contributed by atoms with van der Waals surface area (Å²) in [6.07, 6.45) is 7.11. The van der Waals surface area contributed by atoms with Crippen molar-refractivity contribution in [3.8, 4) is 0 Å². The Morgan fingerprint density at radius 2 is 1.69 bits per heavy atom. The molecule has 0 bridgehead atoms. The molecule has 0 fully saturated rings. The Bertz CT molecular complexity index is 1240. The van der Waals surface area contributed by atoms with Crippen molar-refractivity contribution in [2.75, 3.05) is 5.32 Å². The third-order valence-corrected chi connectivity index (χ3v) is 4.53. The molecule has 0 unspecified atom stereocenters. The van der Waals surface area contributed by atoms with E-state index in [4.69, 9.17) is 4.98 Å². The minimum Gasteiger partial charge on any atom is -0.392 e. The Hall–Kier alpha value is -3.51. The lowest BCUT2D eigenvalue weighted by Gasteiger charge is -2.11. The monoisotopic (exact) mass is 341 g/mol. The summed E-state index contributed by atoms with van der Waals surface area (Å²) in [4.78, 5) is 16.6. The molecule has 3 N–H and O–H groups in total. The first-order valence-electron chi connectivity index (χ1n) is 8.29. The number of hydrogen-bond donors (Lipinski definition) is 3. The molecule has 6 nitrogen and oxygen atoms in total. The zero-order valence-corrected chi connectivity index (χ0v) is 13.8. The van der Waals surface area contributed by atoms with Crippen molar-refractivity contribution < 1.29 is 5.11 Å². The molecule has 0 aliphatic rings. The van der Waals surface area contributed by atoms with Crippen LogP contribution in [0.25, 0.3) is 32.8 Å². The SMILES string of the molecule is OCc1ccc(Nc2c3ccncc3nc3c2[nH]c2cnccc23)cc1. The number of aliphatic hydroxyl groups excluding tert-OH is 1. The molecule has 6 heteroatoms. The summed E-state index contributed by atoms with van der Waals surface area (Å²) in [5.41, 5.74) is 6.34. The zero-order chi connectivity index (χ0) is 17.5. The summed E-state index contributed by atoms with van der Waals surface area (Å²) < 4.78 is 0. The molecule has 0 saturated carbocycles. The summed E-state index contributed by atoms with van der Waals surface area (Å²) in [5, 5.41) is 14.7. The average molecular weight is 341 g/mol. The maximum atomic E-state index is 9.23. The van der Waals surface area contributed by atoms with E-state index in [-0.39, 0.29) is 6.61 Å². The number of aromatic amines is 1. The number of anilines is 2. The van der Waals surface area contributed by atoms with Gasteiger partial charge in [0, 0.05) is 28.9 Å². The molecule has 0 radical (unpaired) electrons. The highest BCUT2D eigenvalue weighted by atomic mass is 16.3. The van der Waals surface area contributed by atoms with Gasteiger partial charge in [0.05, 0.1) is 46.8 Å². The molecule has 5 aromatic rings. The maximum Gasteiger partial charge on any atom is 0.0988 e. The zero-order valence-electron chi connectivity index (χ0n) is 13.8. The second-order valence-corrected chi connectivity index (χ2v) is 6.13. The number of nitrogens with zero attached hydrogens (tertiary/aromatic N) is 3. The van der Waals surface area contributed by atoms with Gasteiger partial charge in [-0.05, 0) is 29.8 Å². The summed E-state index contributed by atoms with van der Waals surface area (Å²) >= 11 is 0. The Morgan fingerprint density at radius 3 is 2.50 bits per heavy atom. The van der Waals surface area contributed by atoms with E-state index in [0.29, 0.717) is 0 Å². The number of pyridine rings is 3. The lowest BCUT2D eigenvalue weighted by Crippen LogP contribution is -1.95. The van der Waals surface area contributed by atoms with Gasteiger partial charge in [-0.25, -0.2) is 4.98 Å². The van der Waals surface area contributed by atoms with E-state index in [1.54, 1.807) is 24.8 Å². The Morgan fingerprint density at radius 1 is 0.923 bits per heavy atom. The molecule has 5 rings (SSSR count). The van der Waals surface area contributed by atoms with Crippen molar-refractivity contribution in [3.63, 3.8) is 0 Å². The lowest BCUT2D eigenvalue weighted by molar-refractivity contribution is 0.282. The van der Waals surface area contributed by atoms with Gasteiger partial charge in [0.2, 0.25) is 0 Å². The molecule has 0 saturated heterocycles. The van der Waals surface area contributed by atoms with Crippen LogP contribution in [-0.2, 0) is 6.61 Å². The molecule has 1 aromatic carbocycles. The largest absolute Gasteiger partial charge is 0.392 e. The number of fused-ring (bicyclic) bond motifs is 4. The van der Waals surface area contributed by atoms with Gasteiger partial charge in [-0.1, -0.05) is 12.1 Å². The van der Waals surface area contributed by atoms with E-state index in [0.717, 1.165) is 49.8 Å². The summed E-state index contributed by atoms with van der Waals surface area (Å²) in [7, 11) is 0. The van der Waals surface area contributed by atoms with E-state index in [1.807, 2.05) is 36.4 Å². The molecule has 126 valence electrons. The van der Waals surface area contributed by atoms with Crippen LogP contribution in [0, 0.1) is 0 Å². The number of aromatic nitrogens is 4. The number of nitrogens with one attached hydrogen (secondary N) is 2. The van der Waals surface area contributed by atoms with Gasteiger partial charge in [0.15, 0.2) is 0 Å². The van der Waals surface area contributed by atoms with Gasteiger partial charge in [0.25, 0.3) is 0 Å². The van der Waals surface area contributed by atoms with Crippen molar-refractivity contribution in [2.24, 2.45) is 0 Å². The maximum absolute atomic E-state index is 9.23. The molecule has 0 aliphatic heterocycles. The standard InChI is InChI=1S/C20H15N5O/c26-11-12-1-3-13(4-2-12)23-18-14-5-7-21-9-16(14)24-19-15-6-8-22-10-17(15)25-20(18)19/h1-10,25-26H,11H2,(H,23,24). The van der Waals surface area contributed by atoms with Gasteiger partial charge in [0.1, 0.15) is 0 Å². The first-order valence-corrected chi connectivity index (χ1v) is 8.29. The van der Waals surface area contributed by atoms with Crippen molar-refractivity contribution >= 4 is 44.2 Å². The molecule has 26 heavy (non-hydrogen) atoms. The predicted molar refractivity (Wildman–Crippen MR) is 102 cm³/mol. The minimum atomic E-state index is 0.0312. The summed E-state index contributed by atoms with van der Waals surface area (Å²) in [6, 6.07) is 11.6. The van der Waals surface area contributed by atoms with Gasteiger partial charge in [-0.15, -0.1) is 0 Å². The Kier molecular flexibility index (Phi) is 3.29. The van der Waals surface area contributed by atoms with Crippen LogP contribution in [0.1, 0.15) is 5.56 Å². The normalized spacial score (nSPS) is 11.4. The van der Waals surface area contributed by atoms with Crippen molar-refractivity contribution in [2.45, 2.75) is 6.61 Å². The van der Waals surface area contributed by atoms with Crippen LogP contribution in [0.4, 0.5) is 11.4 Å². The second kappa shape index (κ2) is 5.79. The van der Waals surface area contributed by atoms with Crippen molar-refractivity contribution in [1.29, 1.82) is 0 Å². The summed E-state index contributed by atoms with van der Waals surface area (Å²) in [5.74, 6) is 0. The smallest absolute Gasteiger partial charge is 0.0988 e. The molecular formula is C20H15N5O. The van der Waals surface area contributed by atoms with E-state index >= 15 is 0 Å². The van der Waals surface area contributed by atoms with Crippen LogP contribution in [0.5, 0.6) is 0 Å².